The van der Waals surface area contributed by atoms with Crippen molar-refractivity contribution < 1.29 is 15.0 Å². The number of para-hydroxylation sites is 1. The lowest BCUT2D eigenvalue weighted by molar-refractivity contribution is -0.119. The van der Waals surface area contributed by atoms with Crippen molar-refractivity contribution in [1.29, 1.82) is 0 Å². The highest BCUT2D eigenvalue weighted by Gasteiger charge is 2.13. The van der Waals surface area contributed by atoms with Gasteiger partial charge in [-0.3, -0.25) is 4.79 Å². The van der Waals surface area contributed by atoms with E-state index in [1.165, 1.54) is 6.07 Å². The van der Waals surface area contributed by atoms with E-state index in [-0.39, 0.29) is 24.0 Å². The van der Waals surface area contributed by atoms with Gasteiger partial charge in [-0.25, -0.2) is 5.43 Å². The number of aromatic hydroxyl groups is 2. The summed E-state index contributed by atoms with van der Waals surface area (Å²) in [5, 5.41) is 23.9. The van der Waals surface area contributed by atoms with Gasteiger partial charge in [0, 0.05) is 23.9 Å². The molecule has 6 heteroatoms. The molecule has 3 N–H and O–H groups in total. The lowest BCUT2D eigenvalue weighted by Crippen LogP contribution is -2.33. The largest absolute Gasteiger partial charge is 0.508 e. The van der Waals surface area contributed by atoms with E-state index < -0.39 is 0 Å². The molecule has 0 spiro atoms. The molecule has 0 bridgehead atoms. The van der Waals surface area contributed by atoms with Crippen LogP contribution in [0.1, 0.15) is 24.5 Å². The van der Waals surface area contributed by atoms with Crippen molar-refractivity contribution in [2.75, 3.05) is 18.5 Å². The minimum absolute atomic E-state index is 0.0187. The van der Waals surface area contributed by atoms with Gasteiger partial charge in [-0.2, -0.15) is 5.10 Å². The van der Waals surface area contributed by atoms with E-state index >= 15 is 0 Å². The maximum Gasteiger partial charge on any atom is 0.259 e. The Morgan fingerprint density at radius 3 is 2.48 bits per heavy atom. The van der Waals surface area contributed by atoms with Gasteiger partial charge in [0.2, 0.25) is 0 Å². The molecule has 0 aliphatic heterocycles. The monoisotopic (exact) mass is 341 g/mol. The Hall–Kier alpha value is -3.02. The molecule has 1 amide bonds. The first-order valence-corrected chi connectivity index (χ1v) is 8.07. The number of benzene rings is 2. The summed E-state index contributed by atoms with van der Waals surface area (Å²) in [7, 11) is 1.83. The number of carbonyl (C=O) groups is 1. The molecule has 0 fully saturated rings. The summed E-state index contributed by atoms with van der Waals surface area (Å²) in [5.74, 6) is -0.270. The fraction of sp³-hybridized carbons (Fsp3) is 0.263. The number of carbonyl (C=O) groups excluding carboxylic acids is 1. The Morgan fingerprint density at radius 1 is 1.16 bits per heavy atom. The van der Waals surface area contributed by atoms with Gasteiger partial charge < -0.3 is 15.1 Å². The maximum absolute atomic E-state index is 12.1. The van der Waals surface area contributed by atoms with Crippen molar-refractivity contribution in [2.24, 2.45) is 5.10 Å². The van der Waals surface area contributed by atoms with Gasteiger partial charge in [-0.15, -0.1) is 0 Å². The van der Waals surface area contributed by atoms with E-state index in [9.17, 15) is 15.0 Å². The minimum Gasteiger partial charge on any atom is -0.508 e. The van der Waals surface area contributed by atoms with Crippen LogP contribution < -0.4 is 10.3 Å². The fourth-order valence-corrected chi connectivity index (χ4v) is 2.41. The Bertz CT molecular complexity index is 773. The van der Waals surface area contributed by atoms with Crippen LogP contribution in [0.5, 0.6) is 11.5 Å². The summed E-state index contributed by atoms with van der Waals surface area (Å²) >= 11 is 0. The second-order valence-corrected chi connectivity index (χ2v) is 5.74. The molecule has 2 aromatic rings. The van der Waals surface area contributed by atoms with Crippen LogP contribution >= 0.6 is 0 Å². The van der Waals surface area contributed by atoms with Crippen LogP contribution in [0.3, 0.4) is 0 Å². The van der Waals surface area contributed by atoms with Gasteiger partial charge in [-0.1, -0.05) is 25.1 Å². The first kappa shape index (κ1) is 18.3. The highest BCUT2D eigenvalue weighted by molar-refractivity contribution is 6.03. The second kappa shape index (κ2) is 8.19. The molecule has 25 heavy (non-hydrogen) atoms. The third-order valence-electron chi connectivity index (χ3n) is 3.94. The Labute approximate surface area is 147 Å². The standard InChI is InChI=1S/C19H23N3O3/c1-4-16(15-10-11-17(23)13(2)19(15)25)20-21-18(24)12-22(3)14-8-6-5-7-9-14/h5-11,23,25H,4,12H2,1-3H3,(H,21,24)/b20-16+. The number of anilines is 1. The van der Waals surface area contributed by atoms with Crippen LogP contribution in [0.25, 0.3) is 0 Å². The quantitative estimate of drug-likeness (QED) is 0.557. The average Bonchev–Trinajstić information content (AvgIpc) is 2.62. The van der Waals surface area contributed by atoms with Crippen molar-refractivity contribution in [2.45, 2.75) is 20.3 Å². The number of rotatable bonds is 6. The van der Waals surface area contributed by atoms with E-state index in [4.69, 9.17) is 0 Å². The zero-order chi connectivity index (χ0) is 18.4. The van der Waals surface area contributed by atoms with Gasteiger partial charge in [0.05, 0.1) is 12.3 Å². The first-order valence-electron chi connectivity index (χ1n) is 8.07. The van der Waals surface area contributed by atoms with Crippen LogP contribution in [0, 0.1) is 6.92 Å². The number of phenols is 2. The Morgan fingerprint density at radius 2 is 1.84 bits per heavy atom. The van der Waals surface area contributed by atoms with Gasteiger partial charge in [0.1, 0.15) is 11.5 Å². The molecule has 0 aliphatic carbocycles. The zero-order valence-corrected chi connectivity index (χ0v) is 14.7. The highest BCUT2D eigenvalue weighted by atomic mass is 16.3. The molecular formula is C19H23N3O3. The SMILES string of the molecule is CC/C(=N\NC(=O)CN(C)c1ccccc1)c1ccc(O)c(C)c1O. The van der Waals surface area contributed by atoms with E-state index in [2.05, 4.69) is 10.5 Å². The molecule has 0 aromatic heterocycles. The fourth-order valence-electron chi connectivity index (χ4n) is 2.41. The lowest BCUT2D eigenvalue weighted by Gasteiger charge is -2.18. The molecule has 0 atom stereocenters. The molecule has 132 valence electrons. The molecule has 6 nitrogen and oxygen atoms in total. The van der Waals surface area contributed by atoms with Gasteiger partial charge in [0.25, 0.3) is 5.91 Å². The Kier molecular flexibility index (Phi) is 6.00. The number of hydrazone groups is 1. The normalized spacial score (nSPS) is 11.2. The average molecular weight is 341 g/mol. The molecular weight excluding hydrogens is 318 g/mol. The topological polar surface area (TPSA) is 85.2 Å². The molecule has 0 heterocycles. The van der Waals surface area contributed by atoms with Gasteiger partial charge in [-0.05, 0) is 37.6 Å². The van der Waals surface area contributed by atoms with E-state index in [1.54, 1.807) is 13.0 Å². The molecule has 0 saturated heterocycles. The summed E-state index contributed by atoms with van der Waals surface area (Å²) in [6, 6.07) is 12.7. The smallest absolute Gasteiger partial charge is 0.259 e. The van der Waals surface area contributed by atoms with Gasteiger partial charge in [0.15, 0.2) is 0 Å². The van der Waals surface area contributed by atoms with Crippen LogP contribution in [0.2, 0.25) is 0 Å². The highest BCUT2D eigenvalue weighted by Crippen LogP contribution is 2.30. The van der Waals surface area contributed by atoms with Crippen molar-refractivity contribution in [1.82, 2.24) is 5.43 Å². The molecule has 0 unspecified atom stereocenters. The lowest BCUT2D eigenvalue weighted by atomic mass is 10.0. The number of nitrogens with zero attached hydrogens (tertiary/aromatic N) is 2. The summed E-state index contributed by atoms with van der Waals surface area (Å²) < 4.78 is 0. The molecule has 0 aliphatic rings. The van der Waals surface area contributed by atoms with Crippen molar-refractivity contribution in [3.8, 4) is 11.5 Å². The van der Waals surface area contributed by atoms with E-state index in [0.717, 1.165) is 5.69 Å². The number of amides is 1. The van der Waals surface area contributed by atoms with Crippen molar-refractivity contribution in [3.63, 3.8) is 0 Å². The second-order valence-electron chi connectivity index (χ2n) is 5.74. The third kappa shape index (κ3) is 4.50. The van der Waals surface area contributed by atoms with Crippen LogP contribution in [0.4, 0.5) is 5.69 Å². The number of nitrogens with one attached hydrogen (secondary N) is 1. The summed E-state index contributed by atoms with van der Waals surface area (Å²) in [6.07, 6.45) is 0.520. The zero-order valence-electron chi connectivity index (χ0n) is 14.7. The summed E-state index contributed by atoms with van der Waals surface area (Å²) in [5.41, 5.74) is 4.88. The van der Waals surface area contributed by atoms with E-state index in [0.29, 0.717) is 23.3 Å². The van der Waals surface area contributed by atoms with Crippen LogP contribution in [-0.2, 0) is 4.79 Å². The predicted molar refractivity (Wildman–Crippen MR) is 99.2 cm³/mol. The summed E-state index contributed by atoms with van der Waals surface area (Å²) in [6.45, 7) is 3.66. The minimum atomic E-state index is -0.257. The number of phenolic OH excluding ortho intramolecular Hbond substituents is 2. The molecule has 2 aromatic carbocycles. The van der Waals surface area contributed by atoms with Crippen molar-refractivity contribution in [3.05, 3.63) is 53.6 Å². The van der Waals surface area contributed by atoms with Crippen LogP contribution in [-0.4, -0.2) is 35.4 Å². The van der Waals surface area contributed by atoms with Gasteiger partial charge >= 0.3 is 0 Å². The summed E-state index contributed by atoms with van der Waals surface area (Å²) in [4.78, 5) is 13.9. The maximum atomic E-state index is 12.1. The first-order chi connectivity index (χ1) is 11.9. The third-order valence-corrected chi connectivity index (χ3v) is 3.94. The van der Waals surface area contributed by atoms with E-state index in [1.807, 2.05) is 49.2 Å². The molecule has 0 saturated carbocycles. The molecule has 0 radical (unpaired) electrons. The Balaban J connectivity index is 2.08. The van der Waals surface area contributed by atoms with Crippen LogP contribution in [0.15, 0.2) is 47.6 Å². The predicted octanol–water partition coefficient (Wildman–Crippen LogP) is 2.77. The molecule has 2 rings (SSSR count). The van der Waals surface area contributed by atoms with Crippen molar-refractivity contribution >= 4 is 17.3 Å². The number of hydrogen-bond donors (Lipinski definition) is 3. The number of hydrogen-bond acceptors (Lipinski definition) is 5. The number of likely N-dealkylation sites (N-methyl/N-ethyl adjacent to an activating group) is 1.